The van der Waals surface area contributed by atoms with Crippen molar-refractivity contribution in [1.29, 1.82) is 0 Å². The lowest BCUT2D eigenvalue weighted by atomic mass is 9.94. The normalized spacial score (nSPS) is 16.0. The molecule has 0 bridgehead atoms. The molecule has 0 radical (unpaired) electrons. The molecule has 4 aromatic rings. The van der Waals surface area contributed by atoms with E-state index >= 15 is 0 Å². The van der Waals surface area contributed by atoms with Gasteiger partial charge in [0.25, 0.3) is 5.56 Å². The van der Waals surface area contributed by atoms with Gasteiger partial charge in [-0.2, -0.15) is 0 Å². The molecule has 6 nitrogen and oxygen atoms in total. The topological polar surface area (TPSA) is 78.1 Å². The highest BCUT2D eigenvalue weighted by Gasteiger charge is 2.29. The van der Waals surface area contributed by atoms with Crippen molar-refractivity contribution < 1.29 is 4.79 Å². The Morgan fingerprint density at radius 3 is 2.45 bits per heavy atom. The number of carbonyl (C=O) groups is 1. The highest BCUT2D eigenvalue weighted by Crippen LogP contribution is 2.32. The predicted molar refractivity (Wildman–Crippen MR) is 133 cm³/mol. The average Bonchev–Trinajstić information content (AvgIpc) is 3.30. The summed E-state index contributed by atoms with van der Waals surface area (Å²) in [6.07, 6.45) is 1.57. The van der Waals surface area contributed by atoms with E-state index in [0.717, 1.165) is 47.6 Å². The Kier molecular flexibility index (Phi) is 6.07. The van der Waals surface area contributed by atoms with Crippen molar-refractivity contribution in [3.63, 3.8) is 0 Å². The monoisotopic (exact) mass is 458 g/mol. The van der Waals surface area contributed by atoms with E-state index in [2.05, 4.69) is 22.1 Å². The minimum atomic E-state index is -0.0981. The molecule has 2 aromatic carbocycles. The molecule has 7 heteroatoms. The molecule has 1 saturated heterocycles. The van der Waals surface area contributed by atoms with Crippen LogP contribution >= 0.6 is 11.3 Å². The maximum absolute atomic E-state index is 13.0. The van der Waals surface area contributed by atoms with E-state index in [1.165, 1.54) is 11.3 Å². The van der Waals surface area contributed by atoms with Crippen LogP contribution in [-0.4, -0.2) is 33.9 Å². The summed E-state index contributed by atoms with van der Waals surface area (Å²) in [7, 11) is 0. The van der Waals surface area contributed by atoms with Crippen molar-refractivity contribution in [2.75, 3.05) is 18.4 Å². The van der Waals surface area contributed by atoms with Crippen molar-refractivity contribution in [2.45, 2.75) is 25.8 Å². The Morgan fingerprint density at radius 1 is 1.09 bits per heavy atom. The summed E-state index contributed by atoms with van der Waals surface area (Å²) in [6.45, 7) is 3.64. The van der Waals surface area contributed by atoms with Crippen molar-refractivity contribution in [2.24, 2.45) is 5.92 Å². The van der Waals surface area contributed by atoms with Gasteiger partial charge in [-0.15, -0.1) is 11.3 Å². The molecule has 1 unspecified atom stereocenters. The summed E-state index contributed by atoms with van der Waals surface area (Å²) < 4.78 is 0. The van der Waals surface area contributed by atoms with Crippen LogP contribution in [0.4, 0.5) is 5.69 Å². The number of likely N-dealkylation sites (tertiary alicyclic amines) is 1. The molecule has 168 valence electrons. The summed E-state index contributed by atoms with van der Waals surface area (Å²) in [4.78, 5) is 36.5. The largest absolute Gasteiger partial charge is 0.326 e. The fourth-order valence-electron chi connectivity index (χ4n) is 4.48. The highest BCUT2D eigenvalue weighted by atomic mass is 32.1. The molecule has 1 aliphatic rings. The number of hydrogen-bond acceptors (Lipinski definition) is 5. The molecule has 0 saturated carbocycles. The van der Waals surface area contributed by atoms with E-state index in [1.807, 2.05) is 66.0 Å². The first-order valence-corrected chi connectivity index (χ1v) is 12.1. The molecule has 0 aliphatic carbocycles. The molecule has 2 N–H and O–H groups in total. The maximum atomic E-state index is 13.0. The van der Waals surface area contributed by atoms with Gasteiger partial charge in [0.15, 0.2) is 0 Å². The van der Waals surface area contributed by atoms with Gasteiger partial charge in [-0.05, 0) is 50.6 Å². The van der Waals surface area contributed by atoms with Gasteiger partial charge in [0.1, 0.15) is 10.7 Å². The van der Waals surface area contributed by atoms with E-state index in [4.69, 9.17) is 4.98 Å². The summed E-state index contributed by atoms with van der Waals surface area (Å²) in [5, 5.41) is 5.67. The minimum absolute atomic E-state index is 0.00567. The fourth-order valence-corrected chi connectivity index (χ4v) is 5.44. The fraction of sp³-hybridized carbons (Fsp3) is 0.269. The lowest BCUT2D eigenvalue weighted by molar-refractivity contribution is -0.121. The quantitative estimate of drug-likeness (QED) is 0.438. The minimum Gasteiger partial charge on any atom is -0.326 e. The number of piperidine rings is 1. The number of anilines is 1. The number of thiophene rings is 1. The van der Waals surface area contributed by atoms with Crippen molar-refractivity contribution in [3.05, 3.63) is 82.2 Å². The Balaban J connectivity index is 1.28. The van der Waals surface area contributed by atoms with Crippen LogP contribution in [0.3, 0.4) is 0 Å². The highest BCUT2D eigenvalue weighted by molar-refractivity contribution is 7.17. The zero-order chi connectivity index (χ0) is 22.8. The standard InChI is InChI=1S/C26H26N4O2S/c1-17(30-14-12-19(13-15-30)24(31)27-20-10-6-3-7-11-20)23-28-25(32)22-21(16-33-26(22)29-23)18-8-4-2-5-9-18/h2-11,16-17,19H,12-15H2,1H3,(H,27,31)(H,28,29,32). The number of H-pyrrole nitrogens is 1. The number of rotatable bonds is 5. The van der Waals surface area contributed by atoms with Crippen LogP contribution in [0.15, 0.2) is 70.8 Å². The molecule has 3 heterocycles. The number of aromatic amines is 1. The second-order valence-electron chi connectivity index (χ2n) is 8.49. The van der Waals surface area contributed by atoms with Crippen LogP contribution in [0.1, 0.15) is 31.6 Å². The molecule has 33 heavy (non-hydrogen) atoms. The Morgan fingerprint density at radius 2 is 1.76 bits per heavy atom. The number of carbonyl (C=O) groups excluding carboxylic acids is 1. The third kappa shape index (κ3) is 4.47. The van der Waals surface area contributed by atoms with Gasteiger partial charge < -0.3 is 10.3 Å². The molecule has 1 fully saturated rings. The third-order valence-corrected chi connectivity index (χ3v) is 7.30. The smallest absolute Gasteiger partial charge is 0.260 e. The number of hydrogen-bond donors (Lipinski definition) is 2. The number of aromatic nitrogens is 2. The van der Waals surface area contributed by atoms with Crippen molar-refractivity contribution >= 4 is 33.1 Å². The SMILES string of the molecule is CC(c1nc2scc(-c3ccccc3)c2c(=O)[nH]1)N1CCC(C(=O)Nc2ccccc2)CC1. The van der Waals surface area contributed by atoms with Crippen molar-refractivity contribution in [1.82, 2.24) is 14.9 Å². The molecule has 0 spiro atoms. The molecular formula is C26H26N4O2S. The number of nitrogens with zero attached hydrogens (tertiary/aromatic N) is 2. The van der Waals surface area contributed by atoms with Crippen LogP contribution in [-0.2, 0) is 4.79 Å². The average molecular weight is 459 g/mol. The van der Waals surface area contributed by atoms with Gasteiger partial charge >= 0.3 is 0 Å². The first-order chi connectivity index (χ1) is 16.1. The van der Waals surface area contributed by atoms with Crippen LogP contribution in [0.5, 0.6) is 0 Å². The second kappa shape index (κ2) is 9.29. The molecule has 2 aromatic heterocycles. The van der Waals surface area contributed by atoms with Crippen molar-refractivity contribution in [3.8, 4) is 11.1 Å². The zero-order valence-corrected chi connectivity index (χ0v) is 19.3. The van der Waals surface area contributed by atoms with Gasteiger partial charge in [0.2, 0.25) is 5.91 Å². The van der Waals surface area contributed by atoms with Gasteiger partial charge in [-0.3, -0.25) is 14.5 Å². The van der Waals surface area contributed by atoms with Gasteiger partial charge in [-0.25, -0.2) is 4.98 Å². The zero-order valence-electron chi connectivity index (χ0n) is 18.5. The summed E-state index contributed by atoms with van der Waals surface area (Å²) in [5.74, 6) is 0.753. The molecule has 5 rings (SSSR count). The molecular weight excluding hydrogens is 432 g/mol. The summed E-state index contributed by atoms with van der Waals surface area (Å²) >= 11 is 1.50. The van der Waals surface area contributed by atoms with E-state index in [1.54, 1.807) is 0 Å². The van der Waals surface area contributed by atoms with E-state index in [0.29, 0.717) is 11.2 Å². The number of benzene rings is 2. The summed E-state index contributed by atoms with van der Waals surface area (Å²) in [5.41, 5.74) is 2.68. The number of amides is 1. The Labute approximate surface area is 196 Å². The molecule has 1 atom stereocenters. The first kappa shape index (κ1) is 21.6. The van der Waals surface area contributed by atoms with Gasteiger partial charge in [-0.1, -0.05) is 48.5 Å². The lowest BCUT2D eigenvalue weighted by Gasteiger charge is -2.34. The maximum Gasteiger partial charge on any atom is 0.260 e. The second-order valence-corrected chi connectivity index (χ2v) is 9.35. The van der Waals surface area contributed by atoms with E-state index in [9.17, 15) is 9.59 Å². The number of para-hydroxylation sites is 1. The van der Waals surface area contributed by atoms with Crippen LogP contribution in [0, 0.1) is 5.92 Å². The van der Waals surface area contributed by atoms with Crippen LogP contribution in [0.2, 0.25) is 0 Å². The molecule has 1 aliphatic heterocycles. The number of fused-ring (bicyclic) bond motifs is 1. The third-order valence-electron chi connectivity index (χ3n) is 6.43. The van der Waals surface area contributed by atoms with Crippen LogP contribution in [0.25, 0.3) is 21.3 Å². The first-order valence-electron chi connectivity index (χ1n) is 11.3. The van der Waals surface area contributed by atoms with Gasteiger partial charge in [0, 0.05) is 22.5 Å². The van der Waals surface area contributed by atoms with E-state index < -0.39 is 0 Å². The Bertz CT molecular complexity index is 1310. The Hall–Kier alpha value is -3.29. The lowest BCUT2D eigenvalue weighted by Crippen LogP contribution is -2.40. The van der Waals surface area contributed by atoms with E-state index in [-0.39, 0.29) is 23.4 Å². The van der Waals surface area contributed by atoms with Gasteiger partial charge in [0.05, 0.1) is 11.4 Å². The molecule has 1 amide bonds. The van der Waals surface area contributed by atoms with Crippen LogP contribution < -0.4 is 10.9 Å². The number of nitrogens with one attached hydrogen (secondary N) is 2. The predicted octanol–water partition coefficient (Wildman–Crippen LogP) is 5.06. The summed E-state index contributed by atoms with van der Waals surface area (Å²) in [6, 6.07) is 19.5.